The number of amides is 1. The minimum Gasteiger partial charge on any atom is -0.337 e. The first kappa shape index (κ1) is 21.0. The number of nitriles is 1. The lowest BCUT2D eigenvalue weighted by atomic mass is 10.1. The number of hydrogen-bond acceptors (Lipinski definition) is 4. The van der Waals surface area contributed by atoms with Gasteiger partial charge in [-0.05, 0) is 53.4 Å². The molecule has 0 unspecified atom stereocenters. The van der Waals surface area contributed by atoms with E-state index in [2.05, 4.69) is 16.4 Å². The van der Waals surface area contributed by atoms with Gasteiger partial charge in [-0.2, -0.15) is 5.26 Å². The standard InChI is InChI=1S/C25H23ClN4O/c26-22-3-1-2-20(12-22)17-30-11-10-24(25(30)31)29-16-21-8-9-23(28-15-21)13-18-4-6-19(14-27)7-5-18/h1-9,12,15,24,29H,10-11,13,16-17H2/t24-/m0/s1. The summed E-state index contributed by atoms with van der Waals surface area (Å²) in [7, 11) is 0. The van der Waals surface area contributed by atoms with E-state index in [1.807, 2.05) is 71.8 Å². The molecule has 0 aliphatic carbocycles. The topological polar surface area (TPSA) is 69.0 Å². The molecule has 1 fully saturated rings. The Morgan fingerprint density at radius 3 is 2.61 bits per heavy atom. The van der Waals surface area contributed by atoms with Gasteiger partial charge in [0.2, 0.25) is 5.91 Å². The minimum atomic E-state index is -0.169. The summed E-state index contributed by atoms with van der Waals surface area (Å²) in [5.41, 5.74) is 4.84. The molecule has 0 saturated carbocycles. The summed E-state index contributed by atoms with van der Waals surface area (Å²) in [5, 5.41) is 12.9. The van der Waals surface area contributed by atoms with Gasteiger partial charge in [0, 0.05) is 43.0 Å². The highest BCUT2D eigenvalue weighted by atomic mass is 35.5. The largest absolute Gasteiger partial charge is 0.337 e. The fourth-order valence-electron chi connectivity index (χ4n) is 3.75. The van der Waals surface area contributed by atoms with Crippen LogP contribution in [-0.4, -0.2) is 28.4 Å². The molecule has 6 heteroatoms. The van der Waals surface area contributed by atoms with Crippen LogP contribution >= 0.6 is 11.6 Å². The number of likely N-dealkylation sites (tertiary alicyclic amines) is 1. The van der Waals surface area contributed by atoms with Crippen LogP contribution in [0.4, 0.5) is 0 Å². The van der Waals surface area contributed by atoms with Crippen LogP contribution in [0, 0.1) is 11.3 Å². The van der Waals surface area contributed by atoms with E-state index in [4.69, 9.17) is 16.9 Å². The number of aromatic nitrogens is 1. The second-order valence-electron chi connectivity index (χ2n) is 7.76. The second-order valence-corrected chi connectivity index (χ2v) is 8.19. The van der Waals surface area contributed by atoms with Crippen molar-refractivity contribution in [3.8, 4) is 6.07 Å². The monoisotopic (exact) mass is 430 g/mol. The Kier molecular flexibility index (Phi) is 6.61. The molecule has 1 aromatic heterocycles. The molecular weight excluding hydrogens is 408 g/mol. The van der Waals surface area contributed by atoms with Gasteiger partial charge in [0.15, 0.2) is 0 Å². The number of carbonyl (C=O) groups excluding carboxylic acids is 1. The van der Waals surface area contributed by atoms with E-state index in [1.165, 1.54) is 0 Å². The van der Waals surface area contributed by atoms with Gasteiger partial charge >= 0.3 is 0 Å². The number of nitrogens with zero attached hydrogens (tertiary/aromatic N) is 3. The molecule has 5 nitrogen and oxygen atoms in total. The molecule has 0 radical (unpaired) electrons. The van der Waals surface area contributed by atoms with Gasteiger partial charge < -0.3 is 10.2 Å². The molecule has 1 N–H and O–H groups in total. The minimum absolute atomic E-state index is 0.130. The third-order valence-electron chi connectivity index (χ3n) is 5.47. The molecule has 0 spiro atoms. The van der Waals surface area contributed by atoms with Crippen molar-refractivity contribution in [3.63, 3.8) is 0 Å². The number of nitrogens with one attached hydrogen (secondary N) is 1. The van der Waals surface area contributed by atoms with Gasteiger partial charge in [0.25, 0.3) is 0 Å². The molecule has 2 aromatic carbocycles. The number of rotatable bonds is 7. The summed E-state index contributed by atoms with van der Waals surface area (Å²) in [6.07, 6.45) is 3.37. The van der Waals surface area contributed by atoms with Gasteiger partial charge in [0.05, 0.1) is 17.7 Å². The van der Waals surface area contributed by atoms with Gasteiger partial charge in [0.1, 0.15) is 0 Å². The Balaban J connectivity index is 1.28. The lowest BCUT2D eigenvalue weighted by Crippen LogP contribution is -2.37. The van der Waals surface area contributed by atoms with E-state index in [0.29, 0.717) is 23.7 Å². The van der Waals surface area contributed by atoms with E-state index in [0.717, 1.165) is 41.8 Å². The normalized spacial score (nSPS) is 15.8. The van der Waals surface area contributed by atoms with Crippen molar-refractivity contribution in [2.24, 2.45) is 0 Å². The number of carbonyl (C=O) groups is 1. The first-order valence-corrected chi connectivity index (χ1v) is 10.7. The molecule has 31 heavy (non-hydrogen) atoms. The Morgan fingerprint density at radius 2 is 1.90 bits per heavy atom. The van der Waals surface area contributed by atoms with Gasteiger partial charge in [-0.15, -0.1) is 0 Å². The van der Waals surface area contributed by atoms with E-state index in [-0.39, 0.29) is 11.9 Å². The highest BCUT2D eigenvalue weighted by molar-refractivity contribution is 6.30. The summed E-state index contributed by atoms with van der Waals surface area (Å²) >= 11 is 6.05. The predicted octanol–water partition coefficient (Wildman–Crippen LogP) is 4.09. The summed E-state index contributed by atoms with van der Waals surface area (Å²) in [6, 6.07) is 21.2. The van der Waals surface area contributed by atoms with Crippen molar-refractivity contribution in [1.82, 2.24) is 15.2 Å². The van der Waals surface area contributed by atoms with Crippen LogP contribution in [0.2, 0.25) is 5.02 Å². The quantitative estimate of drug-likeness (QED) is 0.613. The van der Waals surface area contributed by atoms with E-state index < -0.39 is 0 Å². The fourth-order valence-corrected chi connectivity index (χ4v) is 3.97. The molecule has 1 aliphatic rings. The molecule has 1 atom stereocenters. The molecule has 2 heterocycles. The summed E-state index contributed by atoms with van der Waals surface area (Å²) < 4.78 is 0. The first-order chi connectivity index (χ1) is 15.1. The number of benzene rings is 2. The SMILES string of the molecule is N#Cc1ccc(Cc2ccc(CN[C@H]3CCN(Cc4cccc(Cl)c4)C3=O)cn2)cc1. The van der Waals surface area contributed by atoms with E-state index in [1.54, 1.807) is 0 Å². The van der Waals surface area contributed by atoms with Crippen molar-refractivity contribution in [3.05, 3.63) is 99.8 Å². The highest BCUT2D eigenvalue weighted by Crippen LogP contribution is 2.18. The number of halogens is 1. The Morgan fingerprint density at radius 1 is 1.10 bits per heavy atom. The fraction of sp³-hybridized carbons (Fsp3) is 0.240. The van der Waals surface area contributed by atoms with Crippen molar-refractivity contribution in [2.75, 3.05) is 6.54 Å². The van der Waals surface area contributed by atoms with Crippen molar-refractivity contribution in [1.29, 1.82) is 5.26 Å². The van der Waals surface area contributed by atoms with Crippen LogP contribution in [0.5, 0.6) is 0 Å². The third kappa shape index (κ3) is 5.49. The number of hydrogen-bond donors (Lipinski definition) is 1. The Labute approximate surface area is 187 Å². The van der Waals surface area contributed by atoms with Crippen LogP contribution in [0.3, 0.4) is 0 Å². The summed E-state index contributed by atoms with van der Waals surface area (Å²) in [5.74, 6) is 0.130. The molecule has 156 valence electrons. The maximum atomic E-state index is 12.7. The average molecular weight is 431 g/mol. The van der Waals surface area contributed by atoms with Crippen LogP contribution < -0.4 is 5.32 Å². The number of pyridine rings is 1. The van der Waals surface area contributed by atoms with Crippen molar-refractivity contribution in [2.45, 2.75) is 32.0 Å². The van der Waals surface area contributed by atoms with Crippen LogP contribution in [0.15, 0.2) is 66.9 Å². The highest BCUT2D eigenvalue weighted by Gasteiger charge is 2.31. The van der Waals surface area contributed by atoms with Gasteiger partial charge in [-0.1, -0.05) is 41.9 Å². The van der Waals surface area contributed by atoms with Gasteiger partial charge in [-0.25, -0.2) is 0 Å². The smallest absolute Gasteiger partial charge is 0.240 e. The zero-order valence-electron chi connectivity index (χ0n) is 17.1. The lowest BCUT2D eigenvalue weighted by Gasteiger charge is -2.17. The van der Waals surface area contributed by atoms with E-state index >= 15 is 0 Å². The van der Waals surface area contributed by atoms with Crippen LogP contribution in [-0.2, 0) is 24.3 Å². The maximum Gasteiger partial charge on any atom is 0.240 e. The average Bonchev–Trinajstić information content (AvgIpc) is 3.13. The van der Waals surface area contributed by atoms with Crippen molar-refractivity contribution < 1.29 is 4.79 Å². The Bertz CT molecular complexity index is 1090. The first-order valence-electron chi connectivity index (χ1n) is 10.3. The zero-order valence-corrected chi connectivity index (χ0v) is 17.8. The zero-order chi connectivity index (χ0) is 21.6. The molecule has 0 bridgehead atoms. The second kappa shape index (κ2) is 9.74. The molecule has 3 aromatic rings. The molecule has 4 rings (SSSR count). The molecular formula is C25H23ClN4O. The Hall–Kier alpha value is -3.20. The molecule has 1 saturated heterocycles. The van der Waals surface area contributed by atoms with Crippen molar-refractivity contribution >= 4 is 17.5 Å². The van der Waals surface area contributed by atoms with E-state index in [9.17, 15) is 4.79 Å². The third-order valence-corrected chi connectivity index (χ3v) is 5.70. The van der Waals surface area contributed by atoms with Crippen LogP contribution in [0.25, 0.3) is 0 Å². The van der Waals surface area contributed by atoms with Gasteiger partial charge in [-0.3, -0.25) is 9.78 Å². The summed E-state index contributed by atoms with van der Waals surface area (Å²) in [4.78, 5) is 19.1. The summed E-state index contributed by atoms with van der Waals surface area (Å²) in [6.45, 7) is 1.93. The predicted molar refractivity (Wildman–Crippen MR) is 120 cm³/mol. The lowest BCUT2D eigenvalue weighted by molar-refractivity contribution is -0.129. The molecule has 1 amide bonds. The van der Waals surface area contributed by atoms with Crippen LogP contribution in [0.1, 0.15) is 34.4 Å². The molecule has 1 aliphatic heterocycles. The maximum absolute atomic E-state index is 12.7.